The van der Waals surface area contributed by atoms with Crippen LogP contribution in [0, 0.1) is 5.41 Å². The van der Waals surface area contributed by atoms with E-state index in [0.717, 1.165) is 22.3 Å². The minimum atomic E-state index is 0.0125. The zero-order valence-corrected chi connectivity index (χ0v) is 11.7. The molecule has 0 aromatic carbocycles. The first-order valence-corrected chi connectivity index (χ1v) is 6.64. The molecule has 1 amide bonds. The van der Waals surface area contributed by atoms with Crippen molar-refractivity contribution in [3.63, 3.8) is 0 Å². The minimum absolute atomic E-state index is 0.0125. The van der Waals surface area contributed by atoms with E-state index in [1.165, 1.54) is 11.3 Å². The molecule has 0 aliphatic carbocycles. The quantitative estimate of drug-likeness (QED) is 0.900. The molecule has 0 unspecified atom stereocenters. The number of carbonyl (C=O) groups is 1. The SMILES string of the molecule is CCC(C)(C)CNC(=O)c1csc(Br)c1. The Morgan fingerprint density at radius 3 is 2.73 bits per heavy atom. The summed E-state index contributed by atoms with van der Waals surface area (Å²) in [6.07, 6.45) is 1.06. The van der Waals surface area contributed by atoms with E-state index >= 15 is 0 Å². The van der Waals surface area contributed by atoms with E-state index < -0.39 is 0 Å². The first-order chi connectivity index (χ1) is 6.94. The van der Waals surface area contributed by atoms with Crippen LogP contribution in [0.3, 0.4) is 0 Å². The van der Waals surface area contributed by atoms with Crippen molar-refractivity contribution in [3.8, 4) is 0 Å². The fraction of sp³-hybridized carbons (Fsp3) is 0.545. The number of thiophene rings is 1. The molecule has 0 fully saturated rings. The number of halogens is 1. The third kappa shape index (κ3) is 3.95. The number of rotatable bonds is 4. The Bertz CT molecular complexity index is 346. The Kier molecular flexibility index (Phi) is 4.34. The molecule has 0 saturated heterocycles. The molecule has 1 rings (SSSR count). The van der Waals surface area contributed by atoms with Crippen LogP contribution in [0.5, 0.6) is 0 Å². The molecular weight excluding hydrogens is 274 g/mol. The van der Waals surface area contributed by atoms with Gasteiger partial charge in [0.15, 0.2) is 0 Å². The van der Waals surface area contributed by atoms with Crippen molar-refractivity contribution >= 4 is 33.2 Å². The smallest absolute Gasteiger partial charge is 0.252 e. The molecule has 1 heterocycles. The summed E-state index contributed by atoms with van der Waals surface area (Å²) in [5, 5.41) is 4.81. The van der Waals surface area contributed by atoms with E-state index in [0.29, 0.717) is 0 Å². The van der Waals surface area contributed by atoms with E-state index in [2.05, 4.69) is 42.0 Å². The topological polar surface area (TPSA) is 29.1 Å². The van der Waals surface area contributed by atoms with E-state index in [9.17, 15) is 4.79 Å². The summed E-state index contributed by atoms with van der Waals surface area (Å²) in [4.78, 5) is 11.7. The molecule has 1 N–H and O–H groups in total. The highest BCUT2D eigenvalue weighted by atomic mass is 79.9. The molecule has 0 aliphatic heterocycles. The van der Waals surface area contributed by atoms with E-state index in [4.69, 9.17) is 0 Å². The predicted molar refractivity (Wildman–Crippen MR) is 68.4 cm³/mol. The highest BCUT2D eigenvalue weighted by Gasteiger charge is 2.17. The Morgan fingerprint density at radius 2 is 2.27 bits per heavy atom. The lowest BCUT2D eigenvalue weighted by Gasteiger charge is -2.22. The first-order valence-electron chi connectivity index (χ1n) is 4.97. The van der Waals surface area contributed by atoms with Crippen LogP contribution >= 0.6 is 27.3 Å². The van der Waals surface area contributed by atoms with Crippen LogP contribution in [0.15, 0.2) is 15.2 Å². The summed E-state index contributed by atoms with van der Waals surface area (Å²) < 4.78 is 0.988. The monoisotopic (exact) mass is 289 g/mol. The lowest BCUT2D eigenvalue weighted by molar-refractivity contribution is 0.0936. The van der Waals surface area contributed by atoms with Gasteiger partial charge in [0.25, 0.3) is 5.91 Å². The number of hydrogen-bond acceptors (Lipinski definition) is 2. The summed E-state index contributed by atoms with van der Waals surface area (Å²) in [5.74, 6) is 0.0125. The van der Waals surface area contributed by atoms with Crippen molar-refractivity contribution in [2.45, 2.75) is 27.2 Å². The van der Waals surface area contributed by atoms with Gasteiger partial charge in [-0.25, -0.2) is 0 Å². The largest absolute Gasteiger partial charge is 0.351 e. The zero-order chi connectivity index (χ0) is 11.5. The molecule has 1 aromatic heterocycles. The van der Waals surface area contributed by atoms with Crippen molar-refractivity contribution in [1.29, 1.82) is 0 Å². The second-order valence-corrected chi connectivity index (χ2v) is 6.63. The van der Waals surface area contributed by atoms with Crippen LogP contribution in [0.25, 0.3) is 0 Å². The normalized spacial score (nSPS) is 11.5. The third-order valence-corrected chi connectivity index (χ3v) is 4.02. The molecule has 84 valence electrons. The Balaban J connectivity index is 2.50. The first kappa shape index (κ1) is 12.7. The van der Waals surface area contributed by atoms with Crippen molar-refractivity contribution in [2.75, 3.05) is 6.54 Å². The number of carbonyl (C=O) groups excluding carboxylic acids is 1. The van der Waals surface area contributed by atoms with E-state index in [1.54, 1.807) is 0 Å². The van der Waals surface area contributed by atoms with Gasteiger partial charge in [-0.2, -0.15) is 0 Å². The van der Waals surface area contributed by atoms with Gasteiger partial charge < -0.3 is 5.32 Å². The van der Waals surface area contributed by atoms with Crippen LogP contribution in [0.2, 0.25) is 0 Å². The van der Waals surface area contributed by atoms with Gasteiger partial charge in [0.2, 0.25) is 0 Å². The van der Waals surface area contributed by atoms with Crippen molar-refractivity contribution in [3.05, 3.63) is 20.8 Å². The van der Waals surface area contributed by atoms with Crippen LogP contribution in [0.1, 0.15) is 37.6 Å². The van der Waals surface area contributed by atoms with E-state index in [-0.39, 0.29) is 11.3 Å². The van der Waals surface area contributed by atoms with E-state index in [1.807, 2.05) is 11.4 Å². The van der Waals surface area contributed by atoms with Crippen molar-refractivity contribution in [2.24, 2.45) is 5.41 Å². The molecule has 0 saturated carbocycles. The molecule has 15 heavy (non-hydrogen) atoms. The summed E-state index contributed by atoms with van der Waals surface area (Å²) in [6, 6.07) is 1.85. The maximum absolute atomic E-state index is 11.7. The van der Waals surface area contributed by atoms with Gasteiger partial charge in [-0.1, -0.05) is 20.8 Å². The third-order valence-electron chi connectivity index (χ3n) is 2.51. The Morgan fingerprint density at radius 1 is 1.60 bits per heavy atom. The molecule has 1 aromatic rings. The maximum Gasteiger partial charge on any atom is 0.252 e. The van der Waals surface area contributed by atoms with Gasteiger partial charge in [-0.3, -0.25) is 4.79 Å². The van der Waals surface area contributed by atoms with Crippen LogP contribution in [0.4, 0.5) is 0 Å². The number of hydrogen-bond donors (Lipinski definition) is 1. The summed E-state index contributed by atoms with van der Waals surface area (Å²) in [6.45, 7) is 7.15. The fourth-order valence-electron chi connectivity index (χ4n) is 0.976. The second-order valence-electron chi connectivity index (χ2n) is 4.34. The van der Waals surface area contributed by atoms with Gasteiger partial charge in [0, 0.05) is 11.9 Å². The summed E-state index contributed by atoms with van der Waals surface area (Å²) >= 11 is 4.87. The van der Waals surface area contributed by atoms with Gasteiger partial charge in [-0.05, 0) is 33.8 Å². The van der Waals surface area contributed by atoms with Crippen LogP contribution in [-0.4, -0.2) is 12.5 Å². The second kappa shape index (κ2) is 5.12. The predicted octanol–water partition coefficient (Wildman–Crippen LogP) is 3.68. The highest BCUT2D eigenvalue weighted by molar-refractivity contribution is 9.11. The summed E-state index contributed by atoms with van der Waals surface area (Å²) in [5.41, 5.74) is 0.905. The lowest BCUT2D eigenvalue weighted by Crippen LogP contribution is -2.33. The Labute approximate surface area is 103 Å². The van der Waals surface area contributed by atoms with Gasteiger partial charge in [0.05, 0.1) is 9.35 Å². The molecular formula is C11H16BrNOS. The number of amides is 1. The average Bonchev–Trinajstić information content (AvgIpc) is 2.61. The zero-order valence-electron chi connectivity index (χ0n) is 9.26. The van der Waals surface area contributed by atoms with Gasteiger partial charge in [0.1, 0.15) is 0 Å². The summed E-state index contributed by atoms with van der Waals surface area (Å²) in [7, 11) is 0. The molecule has 0 bridgehead atoms. The Hall–Kier alpha value is -0.350. The van der Waals surface area contributed by atoms with Gasteiger partial charge in [-0.15, -0.1) is 11.3 Å². The fourth-order valence-corrected chi connectivity index (χ4v) is 2.11. The van der Waals surface area contributed by atoms with Crippen LogP contribution < -0.4 is 5.32 Å². The van der Waals surface area contributed by atoms with Crippen LogP contribution in [-0.2, 0) is 0 Å². The lowest BCUT2D eigenvalue weighted by atomic mass is 9.90. The average molecular weight is 290 g/mol. The van der Waals surface area contributed by atoms with Crippen molar-refractivity contribution in [1.82, 2.24) is 5.32 Å². The standard InChI is InChI=1S/C11H16BrNOS/c1-4-11(2,3)7-13-10(14)8-5-9(12)15-6-8/h5-6H,4,7H2,1-3H3,(H,13,14). The molecule has 0 atom stereocenters. The van der Waals surface area contributed by atoms with Gasteiger partial charge >= 0.3 is 0 Å². The number of nitrogens with one attached hydrogen (secondary N) is 1. The molecule has 0 aliphatic rings. The molecule has 4 heteroatoms. The highest BCUT2D eigenvalue weighted by Crippen LogP contribution is 2.21. The molecule has 0 spiro atoms. The molecule has 0 radical (unpaired) electrons. The maximum atomic E-state index is 11.7. The minimum Gasteiger partial charge on any atom is -0.351 e. The molecule has 2 nitrogen and oxygen atoms in total. The van der Waals surface area contributed by atoms with Crippen molar-refractivity contribution < 1.29 is 4.79 Å².